The van der Waals surface area contributed by atoms with Gasteiger partial charge in [0, 0.05) is 5.92 Å². The zero-order chi connectivity index (χ0) is 25.3. The Morgan fingerprint density at radius 3 is 2.38 bits per heavy atom. The van der Waals surface area contributed by atoms with E-state index in [0.717, 1.165) is 36.2 Å². The van der Waals surface area contributed by atoms with Crippen molar-refractivity contribution >= 4 is 33.3 Å². The van der Waals surface area contributed by atoms with Gasteiger partial charge in [0.2, 0.25) is 0 Å². The molecule has 5 nitrogen and oxygen atoms in total. The van der Waals surface area contributed by atoms with E-state index in [1.807, 2.05) is 32.0 Å². The summed E-state index contributed by atoms with van der Waals surface area (Å²) in [7, 11) is 0. The molecule has 190 valence electrons. The van der Waals surface area contributed by atoms with Crippen molar-refractivity contribution in [2.75, 3.05) is 6.61 Å². The highest BCUT2D eigenvalue weighted by Gasteiger charge is 2.39. The zero-order valence-corrected chi connectivity index (χ0v) is 22.6. The van der Waals surface area contributed by atoms with Crippen molar-refractivity contribution in [3.63, 3.8) is 0 Å². The number of aliphatic hydroxyl groups excluding tert-OH is 1. The van der Waals surface area contributed by atoms with Crippen molar-refractivity contribution < 1.29 is 19.4 Å². The lowest BCUT2D eigenvalue weighted by Gasteiger charge is -2.32. The fourth-order valence-electron chi connectivity index (χ4n) is 4.66. The topological polar surface area (TPSA) is 76.5 Å². The predicted molar refractivity (Wildman–Crippen MR) is 140 cm³/mol. The number of ketones is 1. The molecule has 0 bridgehead atoms. The van der Waals surface area contributed by atoms with Crippen molar-refractivity contribution in [3.05, 3.63) is 29.3 Å². The number of hydrogen-bond donors (Lipinski definition) is 1. The summed E-state index contributed by atoms with van der Waals surface area (Å²) in [5, 5.41) is 11.5. The lowest BCUT2D eigenvalue weighted by molar-refractivity contribution is -0.150. The molecule has 4 atom stereocenters. The number of cyclic esters (lactones) is 1. The second-order valence-corrected chi connectivity index (χ2v) is 11.9. The second kappa shape index (κ2) is 13.3. The van der Waals surface area contributed by atoms with E-state index >= 15 is 0 Å². The van der Waals surface area contributed by atoms with E-state index < -0.39 is 17.5 Å². The third-order valence-electron chi connectivity index (χ3n) is 6.93. The number of aromatic nitrogens is 1. The number of aliphatic hydroxyl groups is 1. The Bertz CT molecular complexity index is 889. The number of Topliss-reactive ketones (excluding diaryl/α,β-unsaturated/α-hetero) is 1. The molecule has 1 aliphatic rings. The molecular formula is C28H43NO4S. The molecule has 0 aliphatic carbocycles. The predicted octanol–water partition coefficient (Wildman–Crippen LogP) is 6.74. The van der Waals surface area contributed by atoms with Crippen LogP contribution in [-0.2, 0) is 14.3 Å². The van der Waals surface area contributed by atoms with E-state index in [4.69, 9.17) is 4.74 Å². The van der Waals surface area contributed by atoms with Gasteiger partial charge in [-0.05, 0) is 50.2 Å². The molecule has 1 fully saturated rings. The quantitative estimate of drug-likeness (QED) is 0.415. The number of para-hydroxylation sites is 1. The number of ether oxygens (including phenoxy) is 1. The number of rotatable bonds is 0. The molecule has 1 N–H and O–H groups in total. The zero-order valence-electron chi connectivity index (χ0n) is 21.8. The molecule has 34 heavy (non-hydrogen) atoms. The van der Waals surface area contributed by atoms with Crippen molar-refractivity contribution in [2.45, 2.75) is 92.6 Å². The summed E-state index contributed by atoms with van der Waals surface area (Å²) in [5.74, 6) is 0.652. The van der Waals surface area contributed by atoms with Crippen molar-refractivity contribution in [1.82, 2.24) is 4.98 Å². The van der Waals surface area contributed by atoms with Gasteiger partial charge in [-0.3, -0.25) is 9.59 Å². The van der Waals surface area contributed by atoms with Crippen molar-refractivity contribution in [1.29, 1.82) is 0 Å². The smallest absolute Gasteiger partial charge is 0.308 e. The first-order valence-electron chi connectivity index (χ1n) is 12.7. The van der Waals surface area contributed by atoms with Crippen LogP contribution in [0.25, 0.3) is 10.2 Å². The molecule has 0 saturated carbocycles. The summed E-state index contributed by atoms with van der Waals surface area (Å²) >= 11 is 1.74. The normalized spacial score (nSPS) is 27.5. The largest absolute Gasteiger partial charge is 0.466 e. The summed E-state index contributed by atoms with van der Waals surface area (Å²) in [5.41, 5.74) is 0.189. The maximum absolute atomic E-state index is 12.8. The van der Waals surface area contributed by atoms with Gasteiger partial charge in [-0.25, -0.2) is 4.98 Å². The average Bonchev–Trinajstić information content (AvgIpc) is 3.16. The molecule has 4 unspecified atom stereocenters. The minimum absolute atomic E-state index is 0.0371. The number of carbonyl (C=O) groups excluding carboxylic acids is 2. The number of carbonyl (C=O) groups is 2. The van der Waals surface area contributed by atoms with Crippen LogP contribution in [0.4, 0.5) is 0 Å². The highest BCUT2D eigenvalue weighted by Crippen LogP contribution is 2.32. The number of nitrogens with zero attached hydrogens (tertiary/aromatic N) is 1. The number of benzene rings is 1. The highest BCUT2D eigenvalue weighted by molar-refractivity contribution is 7.18. The number of thiazole rings is 1. The van der Waals surface area contributed by atoms with Crippen molar-refractivity contribution in [2.24, 2.45) is 23.2 Å². The van der Waals surface area contributed by atoms with Gasteiger partial charge in [-0.2, -0.15) is 0 Å². The molecule has 2 heterocycles. The standard InChI is InChI=1S/C20H36O4.C8H7NS/c1-14-8-6-9-15(2)12-16(3)19(23)20(4,5)17(21)13-18(22)24-11-7-10-14;1-6-9-7-4-2-3-5-8(7)10-6/h14-17,21H,6-13H2,1-5H3;2-5H,1H3. The molecule has 0 spiro atoms. The van der Waals surface area contributed by atoms with Gasteiger partial charge in [-0.15, -0.1) is 11.3 Å². The van der Waals surface area contributed by atoms with Crippen molar-refractivity contribution in [3.8, 4) is 0 Å². The van der Waals surface area contributed by atoms with Crippen LogP contribution in [0.2, 0.25) is 0 Å². The van der Waals surface area contributed by atoms with Gasteiger partial charge in [0.05, 0.1) is 39.8 Å². The molecule has 1 aliphatic heterocycles. The first-order chi connectivity index (χ1) is 16.0. The summed E-state index contributed by atoms with van der Waals surface area (Å²) < 4.78 is 6.50. The monoisotopic (exact) mass is 489 g/mol. The third kappa shape index (κ3) is 8.77. The molecule has 3 rings (SSSR count). The van der Waals surface area contributed by atoms with Crippen LogP contribution in [0.1, 0.15) is 84.6 Å². The first kappa shape index (κ1) is 28.4. The number of fused-ring (bicyclic) bond motifs is 1. The molecule has 1 saturated heterocycles. The maximum Gasteiger partial charge on any atom is 0.308 e. The Morgan fingerprint density at radius 2 is 1.68 bits per heavy atom. The highest BCUT2D eigenvalue weighted by atomic mass is 32.1. The number of hydrogen-bond acceptors (Lipinski definition) is 6. The van der Waals surface area contributed by atoms with Crippen LogP contribution >= 0.6 is 11.3 Å². The Balaban J connectivity index is 0.000000333. The summed E-state index contributed by atoms with van der Waals surface area (Å²) in [4.78, 5) is 29.0. The van der Waals surface area contributed by atoms with Gasteiger partial charge >= 0.3 is 5.97 Å². The summed E-state index contributed by atoms with van der Waals surface area (Å²) in [6, 6.07) is 8.19. The van der Waals surface area contributed by atoms with Gasteiger partial charge in [0.15, 0.2) is 0 Å². The number of aryl methyl sites for hydroxylation is 1. The number of esters is 1. The molecule has 6 heteroatoms. The Kier molecular flexibility index (Phi) is 11.2. The average molecular weight is 490 g/mol. The second-order valence-electron chi connectivity index (χ2n) is 10.6. The minimum Gasteiger partial charge on any atom is -0.466 e. The third-order valence-corrected chi connectivity index (χ3v) is 7.88. The van der Waals surface area contributed by atoms with E-state index in [0.29, 0.717) is 18.4 Å². The van der Waals surface area contributed by atoms with Crippen LogP contribution in [0.15, 0.2) is 24.3 Å². The van der Waals surface area contributed by atoms with Crippen LogP contribution in [-0.4, -0.2) is 34.6 Å². The first-order valence-corrected chi connectivity index (χ1v) is 13.5. The van der Waals surface area contributed by atoms with E-state index in [2.05, 4.69) is 24.9 Å². The van der Waals surface area contributed by atoms with Gasteiger partial charge in [0.25, 0.3) is 0 Å². The van der Waals surface area contributed by atoms with Gasteiger partial charge in [0.1, 0.15) is 5.78 Å². The fourth-order valence-corrected chi connectivity index (χ4v) is 5.49. The molecule has 1 aromatic heterocycles. The Hall–Kier alpha value is -1.79. The summed E-state index contributed by atoms with van der Waals surface area (Å²) in [6.07, 6.45) is 5.15. The molecular weight excluding hydrogens is 446 g/mol. The minimum atomic E-state index is -0.998. The summed E-state index contributed by atoms with van der Waals surface area (Å²) in [6.45, 7) is 12.3. The van der Waals surface area contributed by atoms with Gasteiger partial charge < -0.3 is 9.84 Å². The Labute approximate surface area is 209 Å². The van der Waals surface area contributed by atoms with E-state index in [1.54, 1.807) is 25.2 Å². The molecule has 2 aromatic rings. The van der Waals surface area contributed by atoms with Gasteiger partial charge in [-0.1, -0.05) is 66.0 Å². The van der Waals surface area contributed by atoms with Crippen LogP contribution < -0.4 is 0 Å². The van der Waals surface area contributed by atoms with Crippen LogP contribution in [0, 0.1) is 30.1 Å². The lowest BCUT2D eigenvalue weighted by Crippen LogP contribution is -2.42. The molecule has 0 radical (unpaired) electrons. The molecule has 1 aromatic carbocycles. The maximum atomic E-state index is 12.8. The van der Waals surface area contributed by atoms with E-state index in [9.17, 15) is 14.7 Å². The van der Waals surface area contributed by atoms with E-state index in [1.165, 1.54) is 17.5 Å². The molecule has 0 amide bonds. The fraction of sp³-hybridized carbons (Fsp3) is 0.679. The Morgan fingerprint density at radius 1 is 1.03 bits per heavy atom. The lowest BCUT2D eigenvalue weighted by atomic mass is 9.74. The SMILES string of the molecule is CC1CCCOC(=O)CC(O)C(C)(C)C(=O)C(C)CC(C)CCC1.Cc1nc2ccccc2s1. The van der Waals surface area contributed by atoms with E-state index in [-0.39, 0.29) is 18.1 Å². The van der Waals surface area contributed by atoms with Crippen LogP contribution in [0.3, 0.4) is 0 Å². The van der Waals surface area contributed by atoms with Crippen LogP contribution in [0.5, 0.6) is 0 Å².